The molecule has 0 saturated heterocycles. The van der Waals surface area contributed by atoms with Crippen molar-refractivity contribution < 1.29 is 9.90 Å². The van der Waals surface area contributed by atoms with E-state index in [-0.39, 0.29) is 17.4 Å². The number of fused-ring (bicyclic) bond motifs is 5. The van der Waals surface area contributed by atoms with Crippen LogP contribution in [0.3, 0.4) is 0 Å². The first-order valence-electron chi connectivity index (χ1n) is 10.5. The molecule has 0 aromatic heterocycles. The normalized spacial score (nSPS) is 57.0. The quantitative estimate of drug-likeness (QED) is 0.756. The minimum absolute atomic E-state index is 0.0729. The van der Waals surface area contributed by atoms with Gasteiger partial charge in [-0.05, 0) is 98.7 Å². The van der Waals surface area contributed by atoms with E-state index in [4.69, 9.17) is 0 Å². The van der Waals surface area contributed by atoms with Crippen LogP contribution in [0.15, 0.2) is 0 Å². The second-order valence-corrected chi connectivity index (χ2v) is 10.3. The lowest BCUT2D eigenvalue weighted by molar-refractivity contribution is -0.134. The molecule has 0 radical (unpaired) electrons. The van der Waals surface area contributed by atoms with Crippen LogP contribution in [-0.2, 0) is 4.79 Å². The topological polar surface area (TPSA) is 37.3 Å². The molecule has 0 heterocycles. The van der Waals surface area contributed by atoms with Gasteiger partial charge in [-0.15, -0.1) is 0 Å². The summed E-state index contributed by atoms with van der Waals surface area (Å²) in [4.78, 5) is 12.3. The van der Waals surface area contributed by atoms with E-state index in [0.717, 1.165) is 30.6 Å². The Hall–Kier alpha value is -0.370. The fourth-order valence-electron chi connectivity index (χ4n) is 8.39. The number of Topliss-reactive ketones (excluding diaryl/α,β-unsaturated/α-hetero) is 1. The van der Waals surface area contributed by atoms with Gasteiger partial charge < -0.3 is 5.11 Å². The third-order valence-electron chi connectivity index (χ3n) is 9.00. The van der Waals surface area contributed by atoms with E-state index in [1.54, 1.807) is 0 Å². The molecule has 136 valence electrons. The van der Waals surface area contributed by atoms with E-state index in [1.165, 1.54) is 32.1 Å². The smallest absolute Gasteiger partial charge is 0.133 e. The number of ketones is 1. The van der Waals surface area contributed by atoms with Crippen LogP contribution in [0.4, 0.5) is 0 Å². The average molecular weight is 333 g/mol. The molecule has 1 N–H and O–H groups in total. The summed E-state index contributed by atoms with van der Waals surface area (Å²) in [5.41, 5.74) is 0.228. The fourth-order valence-corrected chi connectivity index (χ4v) is 8.39. The van der Waals surface area contributed by atoms with Gasteiger partial charge in [0.05, 0.1) is 6.10 Å². The zero-order valence-corrected chi connectivity index (χ0v) is 16.0. The highest BCUT2D eigenvalue weighted by Crippen LogP contribution is 2.66. The Morgan fingerprint density at radius 1 is 1.04 bits per heavy atom. The minimum Gasteiger partial charge on any atom is -0.393 e. The number of hydrogen-bond acceptors (Lipinski definition) is 2. The molecule has 4 fully saturated rings. The van der Waals surface area contributed by atoms with E-state index in [2.05, 4.69) is 20.8 Å². The van der Waals surface area contributed by atoms with Crippen LogP contribution in [0, 0.1) is 52.8 Å². The molecule has 0 aromatic carbocycles. The lowest BCUT2D eigenvalue weighted by atomic mass is 9.48. The number of hydrogen-bond donors (Lipinski definition) is 1. The first-order valence-corrected chi connectivity index (χ1v) is 10.5. The zero-order chi connectivity index (χ0) is 17.2. The fraction of sp³-hybridized carbons (Fsp3) is 0.955. The van der Waals surface area contributed by atoms with Crippen molar-refractivity contribution in [1.82, 2.24) is 0 Å². The first-order chi connectivity index (χ1) is 11.3. The van der Waals surface area contributed by atoms with E-state index in [9.17, 15) is 9.90 Å². The third kappa shape index (κ3) is 2.35. The molecule has 2 nitrogen and oxygen atoms in total. The highest BCUT2D eigenvalue weighted by molar-refractivity contribution is 5.79. The monoisotopic (exact) mass is 332 g/mol. The maximum atomic E-state index is 12.3. The summed E-state index contributed by atoms with van der Waals surface area (Å²) in [7, 11) is 0. The van der Waals surface area contributed by atoms with Gasteiger partial charge in [-0.1, -0.05) is 20.8 Å². The predicted octanol–water partition coefficient (Wildman–Crippen LogP) is 4.70. The summed E-state index contributed by atoms with van der Waals surface area (Å²) in [6.45, 7) is 8.97. The number of carbonyl (C=O) groups is 1. The number of aliphatic hydroxyl groups is 1. The SMILES string of the molecule is CC(=O)[C@H]1C[C@@H](C)[C@H]2[C@@H]3CC[C@@H]4C[C@@H](C)CC(O)[C@@H]4[C@@H]3CC[C@@]21C. The van der Waals surface area contributed by atoms with Gasteiger partial charge >= 0.3 is 0 Å². The molecule has 0 bridgehead atoms. The molecule has 0 aliphatic heterocycles. The minimum atomic E-state index is -0.0729. The van der Waals surface area contributed by atoms with Crippen LogP contribution in [0.5, 0.6) is 0 Å². The van der Waals surface area contributed by atoms with Gasteiger partial charge in [-0.3, -0.25) is 4.79 Å². The van der Waals surface area contributed by atoms with Crippen LogP contribution in [0.25, 0.3) is 0 Å². The van der Waals surface area contributed by atoms with Crippen LogP contribution in [0.1, 0.15) is 72.6 Å². The summed E-state index contributed by atoms with van der Waals surface area (Å²) in [6, 6.07) is 0. The third-order valence-corrected chi connectivity index (χ3v) is 9.00. The molecule has 4 saturated carbocycles. The summed E-state index contributed by atoms with van der Waals surface area (Å²) < 4.78 is 0. The summed E-state index contributed by atoms with van der Waals surface area (Å²) in [5, 5.41) is 10.9. The molecular weight excluding hydrogens is 296 g/mol. The van der Waals surface area contributed by atoms with Gasteiger partial charge in [0.25, 0.3) is 0 Å². The number of carbonyl (C=O) groups excluding carboxylic acids is 1. The van der Waals surface area contributed by atoms with Crippen molar-refractivity contribution in [3.8, 4) is 0 Å². The predicted molar refractivity (Wildman–Crippen MR) is 96.4 cm³/mol. The molecule has 4 aliphatic rings. The van der Waals surface area contributed by atoms with Gasteiger partial charge in [-0.25, -0.2) is 0 Å². The summed E-state index contributed by atoms with van der Waals surface area (Å²) in [6.07, 6.45) is 8.50. The Morgan fingerprint density at radius 3 is 2.50 bits per heavy atom. The van der Waals surface area contributed by atoms with Gasteiger partial charge in [-0.2, -0.15) is 0 Å². The van der Waals surface area contributed by atoms with Crippen molar-refractivity contribution >= 4 is 5.78 Å². The summed E-state index contributed by atoms with van der Waals surface area (Å²) >= 11 is 0. The van der Waals surface area contributed by atoms with Crippen LogP contribution in [0.2, 0.25) is 0 Å². The number of rotatable bonds is 1. The highest BCUT2D eigenvalue weighted by Gasteiger charge is 2.60. The molecule has 10 atom stereocenters. The molecular formula is C22H36O2. The Balaban J connectivity index is 1.63. The van der Waals surface area contributed by atoms with E-state index < -0.39 is 0 Å². The zero-order valence-electron chi connectivity index (χ0n) is 16.0. The second kappa shape index (κ2) is 5.83. The highest BCUT2D eigenvalue weighted by atomic mass is 16.3. The van der Waals surface area contributed by atoms with Crippen molar-refractivity contribution in [1.29, 1.82) is 0 Å². The van der Waals surface area contributed by atoms with Crippen LogP contribution < -0.4 is 0 Å². The van der Waals surface area contributed by atoms with Crippen molar-refractivity contribution in [2.45, 2.75) is 78.7 Å². The van der Waals surface area contributed by atoms with Crippen LogP contribution in [-0.4, -0.2) is 17.0 Å². The maximum Gasteiger partial charge on any atom is 0.133 e. The number of aliphatic hydroxyl groups excluding tert-OH is 1. The molecule has 4 aliphatic carbocycles. The first kappa shape index (κ1) is 17.1. The Kier molecular flexibility index (Phi) is 4.14. The van der Waals surface area contributed by atoms with Gasteiger partial charge in [0.1, 0.15) is 5.78 Å². The van der Waals surface area contributed by atoms with E-state index in [0.29, 0.717) is 29.5 Å². The van der Waals surface area contributed by atoms with Crippen LogP contribution >= 0.6 is 0 Å². The molecule has 4 rings (SSSR count). The van der Waals surface area contributed by atoms with Gasteiger partial charge in [0.15, 0.2) is 0 Å². The molecule has 24 heavy (non-hydrogen) atoms. The summed E-state index contributed by atoms with van der Waals surface area (Å²) in [5.74, 6) is 5.57. The molecule has 0 spiro atoms. The standard InChI is InChI=1S/C22H36O2/c1-12-9-15-5-6-17-16(20(15)19(24)10-12)7-8-22(4)18(14(3)23)11-13(2)21(17)22/h12-13,15-21,24H,5-11H2,1-4H3/t12-,13-,15-,16-,17-,18-,19?,20+,21+,22-/m1/s1. The van der Waals surface area contributed by atoms with Crippen molar-refractivity contribution in [2.24, 2.45) is 52.8 Å². The van der Waals surface area contributed by atoms with Crippen molar-refractivity contribution in [3.63, 3.8) is 0 Å². The molecule has 1 unspecified atom stereocenters. The average Bonchev–Trinajstić information content (AvgIpc) is 2.78. The van der Waals surface area contributed by atoms with E-state index >= 15 is 0 Å². The van der Waals surface area contributed by atoms with Crippen molar-refractivity contribution in [3.05, 3.63) is 0 Å². The van der Waals surface area contributed by atoms with Gasteiger partial charge in [0, 0.05) is 5.92 Å². The lowest BCUT2D eigenvalue weighted by Gasteiger charge is -2.57. The molecule has 0 aromatic rings. The van der Waals surface area contributed by atoms with E-state index in [1.807, 2.05) is 6.92 Å². The molecule has 0 amide bonds. The second-order valence-electron chi connectivity index (χ2n) is 10.3. The Labute approximate surface area is 147 Å². The Morgan fingerprint density at radius 2 is 1.79 bits per heavy atom. The lowest BCUT2D eigenvalue weighted by Crippen LogP contribution is -2.53. The Bertz CT molecular complexity index is 514. The largest absolute Gasteiger partial charge is 0.393 e. The molecule has 2 heteroatoms. The maximum absolute atomic E-state index is 12.3. The van der Waals surface area contributed by atoms with Gasteiger partial charge in [0.2, 0.25) is 0 Å². The van der Waals surface area contributed by atoms with Crippen molar-refractivity contribution in [2.75, 3.05) is 0 Å².